The molecule has 1 rings (SSSR count). The third kappa shape index (κ3) is 3.37. The van der Waals surface area contributed by atoms with Gasteiger partial charge in [-0.15, -0.1) is 0 Å². The van der Waals surface area contributed by atoms with E-state index in [1.54, 1.807) is 0 Å². The Morgan fingerprint density at radius 2 is 1.20 bits per heavy atom. The van der Waals surface area contributed by atoms with E-state index in [0.29, 0.717) is 0 Å². The van der Waals surface area contributed by atoms with Crippen molar-refractivity contribution in [3.05, 3.63) is 35.4 Å². The maximum absolute atomic E-state index is 2.12. The van der Waals surface area contributed by atoms with Crippen LogP contribution in [0.15, 0.2) is 24.3 Å². The third-order valence-electron chi connectivity index (χ3n) is 1.43. The Balaban J connectivity index is 0. The Labute approximate surface area is 84.1 Å². The Morgan fingerprint density at radius 1 is 0.900 bits per heavy atom. The van der Waals surface area contributed by atoms with Gasteiger partial charge in [0.2, 0.25) is 0 Å². The van der Waals surface area contributed by atoms with Gasteiger partial charge in [-0.2, -0.15) is 0 Å². The molecule has 1 aromatic carbocycles. The molecule has 0 radical (unpaired) electrons. The summed E-state index contributed by atoms with van der Waals surface area (Å²) in [6.07, 6.45) is 0. The molecule has 0 aliphatic heterocycles. The van der Waals surface area contributed by atoms with Crippen LogP contribution in [-0.2, 0) is 0 Å². The van der Waals surface area contributed by atoms with Crippen molar-refractivity contribution in [2.24, 2.45) is 0 Å². The van der Waals surface area contributed by atoms with Crippen LogP contribution in [0.2, 0.25) is 0 Å². The minimum Gasteiger partial charge on any atom is -0.870 e. The summed E-state index contributed by atoms with van der Waals surface area (Å²) in [5.41, 5.74) is 2.74. The van der Waals surface area contributed by atoms with Crippen LogP contribution >= 0.6 is 0 Å². The number of aryl methyl sites for hydroxylation is 2. The van der Waals surface area contributed by atoms with Crippen molar-refractivity contribution in [3.8, 4) is 0 Å². The first-order valence-electron chi connectivity index (χ1n) is 2.83. The second-order valence-electron chi connectivity index (χ2n) is 2.08. The van der Waals surface area contributed by atoms with Crippen molar-refractivity contribution in [1.29, 1.82) is 0 Å². The van der Waals surface area contributed by atoms with Crippen LogP contribution in [0.5, 0.6) is 0 Å². The molecular formula is C8H11NaO. The third-order valence-corrected chi connectivity index (χ3v) is 1.43. The quantitative estimate of drug-likeness (QED) is 0.438. The van der Waals surface area contributed by atoms with Crippen LogP contribution in [0.3, 0.4) is 0 Å². The molecular weight excluding hydrogens is 135 g/mol. The Hall–Kier alpha value is 0.180. The first-order chi connectivity index (χ1) is 3.80. The topological polar surface area (TPSA) is 30.0 Å². The van der Waals surface area contributed by atoms with Gasteiger partial charge in [-0.25, -0.2) is 0 Å². The van der Waals surface area contributed by atoms with E-state index in [0.717, 1.165) is 0 Å². The van der Waals surface area contributed by atoms with E-state index in [4.69, 9.17) is 0 Å². The van der Waals surface area contributed by atoms with E-state index in [2.05, 4.69) is 38.1 Å². The molecule has 0 unspecified atom stereocenters. The van der Waals surface area contributed by atoms with Crippen molar-refractivity contribution in [2.75, 3.05) is 0 Å². The van der Waals surface area contributed by atoms with Crippen LogP contribution in [0.1, 0.15) is 11.1 Å². The monoisotopic (exact) mass is 146 g/mol. The number of benzene rings is 1. The molecule has 0 fully saturated rings. The Bertz CT molecular complexity index is 165. The summed E-state index contributed by atoms with van der Waals surface area (Å²) >= 11 is 0. The molecule has 0 saturated carbocycles. The molecule has 1 aromatic rings. The maximum atomic E-state index is 2.12. The minimum absolute atomic E-state index is 0. The first kappa shape index (κ1) is 12.8. The van der Waals surface area contributed by atoms with Crippen molar-refractivity contribution < 1.29 is 35.0 Å². The average molecular weight is 146 g/mol. The summed E-state index contributed by atoms with van der Waals surface area (Å²) in [7, 11) is 0. The first-order valence-corrected chi connectivity index (χ1v) is 2.83. The van der Waals surface area contributed by atoms with Gasteiger partial charge in [-0.3, -0.25) is 0 Å². The van der Waals surface area contributed by atoms with Gasteiger partial charge in [-0.1, -0.05) is 24.3 Å². The molecule has 2 heteroatoms. The van der Waals surface area contributed by atoms with Gasteiger partial charge in [0.1, 0.15) is 0 Å². The van der Waals surface area contributed by atoms with Crippen LogP contribution in [0.25, 0.3) is 0 Å². The number of hydrogen-bond acceptors (Lipinski definition) is 1. The summed E-state index contributed by atoms with van der Waals surface area (Å²) in [5.74, 6) is 0. The van der Waals surface area contributed by atoms with Gasteiger partial charge in [0.05, 0.1) is 0 Å². The summed E-state index contributed by atoms with van der Waals surface area (Å²) < 4.78 is 0. The van der Waals surface area contributed by atoms with E-state index < -0.39 is 0 Å². The maximum Gasteiger partial charge on any atom is 1.00 e. The van der Waals surface area contributed by atoms with Gasteiger partial charge >= 0.3 is 29.6 Å². The second kappa shape index (κ2) is 5.93. The fourth-order valence-electron chi connectivity index (χ4n) is 0.663. The van der Waals surface area contributed by atoms with Gasteiger partial charge in [0.15, 0.2) is 0 Å². The molecule has 1 nitrogen and oxygen atoms in total. The summed E-state index contributed by atoms with van der Waals surface area (Å²) in [6, 6.07) is 8.36. The standard InChI is InChI=1S/C8H10.Na.H2O/c1-7-5-3-4-6-8(7)2;;/h3-6H,1-2H3;;1H2/q;+1;/p-1. The van der Waals surface area contributed by atoms with Crippen molar-refractivity contribution >= 4 is 0 Å². The fraction of sp³-hybridized carbons (Fsp3) is 0.250. The predicted octanol–water partition coefficient (Wildman–Crippen LogP) is -0.869. The Morgan fingerprint density at radius 3 is 1.40 bits per heavy atom. The van der Waals surface area contributed by atoms with Crippen LogP contribution in [-0.4, -0.2) is 5.48 Å². The molecule has 1 N–H and O–H groups in total. The van der Waals surface area contributed by atoms with Gasteiger partial charge in [0.25, 0.3) is 0 Å². The zero-order valence-corrected chi connectivity index (χ0v) is 8.76. The zero-order chi connectivity index (χ0) is 5.98. The van der Waals surface area contributed by atoms with Gasteiger partial charge in [-0.05, 0) is 25.0 Å². The number of rotatable bonds is 0. The largest absolute Gasteiger partial charge is 1.00 e. The predicted molar refractivity (Wildman–Crippen MR) is 37.9 cm³/mol. The molecule has 0 aliphatic rings. The molecule has 0 aromatic heterocycles. The molecule has 10 heavy (non-hydrogen) atoms. The molecule has 0 atom stereocenters. The van der Waals surface area contributed by atoms with Crippen LogP contribution in [0.4, 0.5) is 0 Å². The van der Waals surface area contributed by atoms with E-state index in [1.807, 2.05) is 0 Å². The smallest absolute Gasteiger partial charge is 0.870 e. The number of hydrogen-bond donors (Lipinski definition) is 0. The summed E-state index contributed by atoms with van der Waals surface area (Å²) in [6.45, 7) is 4.24. The average Bonchev–Trinajstić information content (AvgIpc) is 1.77. The van der Waals surface area contributed by atoms with Crippen molar-refractivity contribution in [2.45, 2.75) is 13.8 Å². The second-order valence-corrected chi connectivity index (χ2v) is 2.08. The van der Waals surface area contributed by atoms with E-state index >= 15 is 0 Å². The molecule has 0 saturated heterocycles. The SMILES string of the molecule is Cc1ccccc1C.[Na+].[OH-]. The van der Waals surface area contributed by atoms with Crippen LogP contribution < -0.4 is 29.6 Å². The van der Waals surface area contributed by atoms with Gasteiger partial charge in [0, 0.05) is 0 Å². The normalized spacial score (nSPS) is 7.40. The van der Waals surface area contributed by atoms with Crippen LogP contribution in [0, 0.1) is 13.8 Å². The van der Waals surface area contributed by atoms with Crippen molar-refractivity contribution in [1.82, 2.24) is 0 Å². The molecule has 0 amide bonds. The molecule has 0 spiro atoms. The van der Waals surface area contributed by atoms with E-state index in [1.165, 1.54) is 11.1 Å². The van der Waals surface area contributed by atoms with E-state index in [-0.39, 0.29) is 35.0 Å². The molecule has 0 bridgehead atoms. The zero-order valence-electron chi connectivity index (χ0n) is 6.76. The minimum atomic E-state index is 0. The summed E-state index contributed by atoms with van der Waals surface area (Å²) in [5, 5.41) is 0. The van der Waals surface area contributed by atoms with Gasteiger partial charge < -0.3 is 5.48 Å². The van der Waals surface area contributed by atoms with E-state index in [9.17, 15) is 0 Å². The Kier molecular flexibility index (Phi) is 7.60. The molecule has 0 heterocycles. The summed E-state index contributed by atoms with van der Waals surface area (Å²) in [4.78, 5) is 0. The fourth-order valence-corrected chi connectivity index (χ4v) is 0.663. The van der Waals surface area contributed by atoms with Crippen molar-refractivity contribution in [3.63, 3.8) is 0 Å². The molecule has 0 aliphatic carbocycles. The molecule has 50 valence electrons.